The second-order valence-electron chi connectivity index (χ2n) is 4.22. The lowest BCUT2D eigenvalue weighted by Gasteiger charge is -2.26. The molecule has 2 rings (SSSR count). The van der Waals surface area contributed by atoms with E-state index in [9.17, 15) is 4.79 Å². The van der Waals surface area contributed by atoms with Crippen molar-refractivity contribution in [3.05, 3.63) is 18.3 Å². The quantitative estimate of drug-likeness (QED) is 0.774. The predicted octanol–water partition coefficient (Wildman–Crippen LogP) is 1.86. The van der Waals surface area contributed by atoms with Crippen LogP contribution in [0.15, 0.2) is 18.3 Å². The molecule has 1 aromatic heterocycles. The van der Waals surface area contributed by atoms with E-state index >= 15 is 0 Å². The highest BCUT2D eigenvalue weighted by atomic mass is 16.2. The van der Waals surface area contributed by atoms with Crippen LogP contribution in [0.3, 0.4) is 0 Å². The van der Waals surface area contributed by atoms with Crippen molar-refractivity contribution in [2.75, 3.05) is 10.6 Å². The third kappa shape index (κ3) is 2.09. The van der Waals surface area contributed by atoms with Gasteiger partial charge in [0, 0.05) is 6.20 Å². The maximum atomic E-state index is 11.7. The van der Waals surface area contributed by atoms with Gasteiger partial charge in [-0.2, -0.15) is 0 Å². The van der Waals surface area contributed by atoms with E-state index in [1.165, 1.54) is 0 Å². The fourth-order valence-electron chi connectivity index (χ4n) is 1.71. The van der Waals surface area contributed by atoms with Crippen molar-refractivity contribution in [1.29, 1.82) is 0 Å². The Labute approximate surface area is 89.1 Å². The van der Waals surface area contributed by atoms with Crippen LogP contribution in [0.4, 0.5) is 11.5 Å². The SMILES string of the molecule is CC(C)C[C@H]1Nc2ncccc2NC1=O. The van der Waals surface area contributed by atoms with Crippen molar-refractivity contribution >= 4 is 17.4 Å². The normalized spacial score (nSPS) is 19.4. The summed E-state index contributed by atoms with van der Waals surface area (Å²) in [6, 6.07) is 3.50. The first-order valence-electron chi connectivity index (χ1n) is 5.19. The molecular formula is C11H15N3O. The Morgan fingerprint density at radius 2 is 2.33 bits per heavy atom. The summed E-state index contributed by atoms with van der Waals surface area (Å²) in [4.78, 5) is 15.9. The van der Waals surface area contributed by atoms with Crippen LogP contribution in [0.25, 0.3) is 0 Å². The summed E-state index contributed by atoms with van der Waals surface area (Å²) in [6.45, 7) is 4.20. The number of amides is 1. The van der Waals surface area contributed by atoms with Gasteiger partial charge in [-0.15, -0.1) is 0 Å². The van der Waals surface area contributed by atoms with Gasteiger partial charge in [0.25, 0.3) is 0 Å². The number of nitrogens with zero attached hydrogens (tertiary/aromatic N) is 1. The van der Waals surface area contributed by atoms with Crippen molar-refractivity contribution < 1.29 is 4.79 Å². The molecule has 1 aromatic rings. The van der Waals surface area contributed by atoms with E-state index < -0.39 is 0 Å². The molecule has 1 amide bonds. The molecule has 2 N–H and O–H groups in total. The summed E-state index contributed by atoms with van der Waals surface area (Å²) in [6.07, 6.45) is 2.54. The molecule has 0 radical (unpaired) electrons. The number of hydrogen-bond acceptors (Lipinski definition) is 3. The van der Waals surface area contributed by atoms with Gasteiger partial charge in [-0.3, -0.25) is 4.79 Å². The molecule has 1 aliphatic heterocycles. The van der Waals surface area contributed by atoms with E-state index in [0.717, 1.165) is 17.9 Å². The maximum absolute atomic E-state index is 11.7. The smallest absolute Gasteiger partial charge is 0.247 e. The zero-order valence-corrected chi connectivity index (χ0v) is 8.95. The highest BCUT2D eigenvalue weighted by Crippen LogP contribution is 2.25. The summed E-state index contributed by atoms with van der Waals surface area (Å²) in [5, 5.41) is 6.01. The molecule has 0 unspecified atom stereocenters. The number of hydrogen-bond donors (Lipinski definition) is 2. The van der Waals surface area contributed by atoms with Crippen molar-refractivity contribution in [2.45, 2.75) is 26.3 Å². The number of nitrogens with one attached hydrogen (secondary N) is 2. The lowest BCUT2D eigenvalue weighted by molar-refractivity contribution is -0.117. The number of carbonyl (C=O) groups is 1. The van der Waals surface area contributed by atoms with Crippen molar-refractivity contribution in [2.24, 2.45) is 5.92 Å². The molecule has 15 heavy (non-hydrogen) atoms. The molecule has 0 bridgehead atoms. The Morgan fingerprint density at radius 3 is 3.07 bits per heavy atom. The van der Waals surface area contributed by atoms with Gasteiger partial charge < -0.3 is 10.6 Å². The van der Waals surface area contributed by atoms with Gasteiger partial charge in [0.15, 0.2) is 0 Å². The van der Waals surface area contributed by atoms with Crippen LogP contribution in [-0.2, 0) is 4.79 Å². The molecule has 80 valence electrons. The maximum Gasteiger partial charge on any atom is 0.247 e. The lowest BCUT2D eigenvalue weighted by atomic mass is 10.0. The van der Waals surface area contributed by atoms with Crippen LogP contribution in [0.5, 0.6) is 0 Å². The monoisotopic (exact) mass is 205 g/mol. The molecule has 0 aromatic carbocycles. The zero-order valence-electron chi connectivity index (χ0n) is 8.95. The molecule has 0 aliphatic carbocycles. The average Bonchev–Trinajstić information content (AvgIpc) is 2.18. The minimum atomic E-state index is -0.160. The number of carbonyl (C=O) groups excluding carboxylic acids is 1. The Hall–Kier alpha value is -1.58. The van der Waals surface area contributed by atoms with Crippen LogP contribution in [0.1, 0.15) is 20.3 Å². The molecule has 1 atom stereocenters. The second-order valence-corrected chi connectivity index (χ2v) is 4.22. The standard InChI is InChI=1S/C11H15N3O/c1-7(2)6-9-11(15)14-8-4-3-5-12-10(8)13-9/h3-5,7,9H,6H2,1-2H3,(H,12,13)(H,14,15)/t9-/m1/s1. The summed E-state index contributed by atoms with van der Waals surface area (Å²) in [5.41, 5.74) is 0.766. The van der Waals surface area contributed by atoms with Crippen molar-refractivity contribution in [1.82, 2.24) is 4.98 Å². The van der Waals surface area contributed by atoms with Crippen LogP contribution < -0.4 is 10.6 Å². The third-order valence-electron chi connectivity index (χ3n) is 2.40. The van der Waals surface area contributed by atoms with E-state index in [1.54, 1.807) is 6.20 Å². The highest BCUT2D eigenvalue weighted by molar-refractivity contribution is 6.02. The number of aromatic nitrogens is 1. The summed E-state index contributed by atoms with van der Waals surface area (Å²) >= 11 is 0. The molecule has 0 saturated heterocycles. The number of anilines is 2. The fraction of sp³-hybridized carbons (Fsp3) is 0.455. The lowest BCUT2D eigenvalue weighted by Crippen LogP contribution is -2.40. The molecule has 4 nitrogen and oxygen atoms in total. The van der Waals surface area contributed by atoms with Gasteiger partial charge in [0.2, 0.25) is 5.91 Å². The summed E-state index contributed by atoms with van der Waals surface area (Å²) in [5.74, 6) is 1.28. The van der Waals surface area contributed by atoms with Gasteiger partial charge in [0.05, 0.1) is 5.69 Å². The third-order valence-corrected chi connectivity index (χ3v) is 2.40. The van der Waals surface area contributed by atoms with Crippen molar-refractivity contribution in [3.63, 3.8) is 0 Å². The van der Waals surface area contributed by atoms with Gasteiger partial charge in [-0.1, -0.05) is 13.8 Å². The molecule has 0 fully saturated rings. The van der Waals surface area contributed by atoms with E-state index in [4.69, 9.17) is 0 Å². The summed E-state index contributed by atoms with van der Waals surface area (Å²) in [7, 11) is 0. The van der Waals surface area contributed by atoms with E-state index in [0.29, 0.717) is 5.92 Å². The molecular weight excluding hydrogens is 190 g/mol. The number of rotatable bonds is 2. The van der Waals surface area contributed by atoms with Gasteiger partial charge in [-0.05, 0) is 24.5 Å². The first-order chi connectivity index (χ1) is 7.16. The number of pyridine rings is 1. The first kappa shape index (κ1) is 9.96. The Balaban J connectivity index is 2.18. The van der Waals surface area contributed by atoms with Crippen LogP contribution in [-0.4, -0.2) is 16.9 Å². The number of fused-ring (bicyclic) bond motifs is 1. The Morgan fingerprint density at radius 1 is 1.53 bits per heavy atom. The Bertz CT molecular complexity index is 376. The zero-order chi connectivity index (χ0) is 10.8. The van der Waals surface area contributed by atoms with Gasteiger partial charge in [-0.25, -0.2) is 4.98 Å². The first-order valence-corrected chi connectivity index (χ1v) is 5.19. The van der Waals surface area contributed by atoms with E-state index in [1.807, 2.05) is 12.1 Å². The van der Waals surface area contributed by atoms with Gasteiger partial charge in [0.1, 0.15) is 11.9 Å². The predicted molar refractivity (Wildman–Crippen MR) is 59.7 cm³/mol. The van der Waals surface area contributed by atoms with Crippen LogP contribution >= 0.6 is 0 Å². The Kier molecular flexibility index (Phi) is 2.58. The molecule has 0 saturated carbocycles. The largest absolute Gasteiger partial charge is 0.357 e. The highest BCUT2D eigenvalue weighted by Gasteiger charge is 2.26. The van der Waals surface area contributed by atoms with Crippen LogP contribution in [0, 0.1) is 5.92 Å². The molecule has 4 heteroatoms. The van der Waals surface area contributed by atoms with Crippen molar-refractivity contribution in [3.8, 4) is 0 Å². The minimum Gasteiger partial charge on any atom is -0.357 e. The van der Waals surface area contributed by atoms with E-state index in [-0.39, 0.29) is 11.9 Å². The van der Waals surface area contributed by atoms with Gasteiger partial charge >= 0.3 is 0 Å². The summed E-state index contributed by atoms with van der Waals surface area (Å²) < 4.78 is 0. The second kappa shape index (κ2) is 3.88. The van der Waals surface area contributed by atoms with E-state index in [2.05, 4.69) is 29.5 Å². The minimum absolute atomic E-state index is 0.0317. The van der Waals surface area contributed by atoms with Crippen LogP contribution in [0.2, 0.25) is 0 Å². The molecule has 1 aliphatic rings. The molecule has 0 spiro atoms. The fourth-order valence-corrected chi connectivity index (χ4v) is 1.71. The topological polar surface area (TPSA) is 54.0 Å². The molecule has 2 heterocycles. The average molecular weight is 205 g/mol.